The fourth-order valence-electron chi connectivity index (χ4n) is 1.50. The lowest BCUT2D eigenvalue weighted by Gasteiger charge is -2.17. The van der Waals surface area contributed by atoms with E-state index in [1.165, 1.54) is 17.5 Å². The Morgan fingerprint density at radius 3 is 2.27 bits per heavy atom. The summed E-state index contributed by atoms with van der Waals surface area (Å²) in [4.78, 5) is 0. The van der Waals surface area contributed by atoms with Crippen LogP contribution in [-0.4, -0.2) is 6.54 Å². The fraction of sp³-hybridized carbons (Fsp3) is 0.571. The van der Waals surface area contributed by atoms with Crippen molar-refractivity contribution in [1.82, 2.24) is 5.32 Å². The average Bonchev–Trinajstić information content (AvgIpc) is 2.26. The normalized spacial score (nSPS) is 14.9. The first-order chi connectivity index (χ1) is 7.13. The van der Waals surface area contributed by atoms with E-state index in [0.29, 0.717) is 6.04 Å². The Morgan fingerprint density at radius 1 is 1.13 bits per heavy atom. The van der Waals surface area contributed by atoms with Gasteiger partial charge in [-0.25, -0.2) is 0 Å². The molecule has 0 saturated carbocycles. The van der Waals surface area contributed by atoms with Crippen LogP contribution in [0.5, 0.6) is 0 Å². The van der Waals surface area contributed by atoms with Gasteiger partial charge in [0, 0.05) is 6.04 Å². The number of rotatable bonds is 5. The Morgan fingerprint density at radius 2 is 1.73 bits per heavy atom. The molecule has 1 N–H and O–H groups in total. The van der Waals surface area contributed by atoms with Gasteiger partial charge >= 0.3 is 0 Å². The molecular formula is C14H23N. The van der Waals surface area contributed by atoms with Crippen molar-refractivity contribution in [2.24, 2.45) is 5.92 Å². The van der Waals surface area contributed by atoms with Crippen molar-refractivity contribution in [3.05, 3.63) is 35.4 Å². The summed E-state index contributed by atoms with van der Waals surface area (Å²) < 4.78 is 0. The van der Waals surface area contributed by atoms with Gasteiger partial charge in [0.05, 0.1) is 0 Å². The summed E-state index contributed by atoms with van der Waals surface area (Å²) in [5.74, 6) is 0.762. The topological polar surface area (TPSA) is 12.0 Å². The second kappa shape index (κ2) is 5.92. The highest BCUT2D eigenvalue weighted by atomic mass is 14.9. The SMILES string of the molecule is CCC(C)CN[C@H](C)c1ccc(C)cc1. The van der Waals surface area contributed by atoms with Crippen LogP contribution in [0.1, 0.15) is 44.4 Å². The van der Waals surface area contributed by atoms with Gasteiger partial charge in [0.1, 0.15) is 0 Å². The van der Waals surface area contributed by atoms with Gasteiger partial charge in [-0.05, 0) is 31.9 Å². The van der Waals surface area contributed by atoms with Gasteiger partial charge in [-0.15, -0.1) is 0 Å². The lowest BCUT2D eigenvalue weighted by Crippen LogP contribution is -2.24. The summed E-state index contributed by atoms with van der Waals surface area (Å²) in [5.41, 5.74) is 2.71. The van der Waals surface area contributed by atoms with Crippen molar-refractivity contribution in [2.75, 3.05) is 6.54 Å². The number of hydrogen-bond donors (Lipinski definition) is 1. The molecule has 0 spiro atoms. The molecule has 84 valence electrons. The molecule has 1 rings (SSSR count). The average molecular weight is 205 g/mol. The van der Waals surface area contributed by atoms with Crippen molar-refractivity contribution >= 4 is 0 Å². The van der Waals surface area contributed by atoms with Gasteiger partial charge in [0.25, 0.3) is 0 Å². The molecule has 0 saturated heterocycles. The van der Waals surface area contributed by atoms with Crippen molar-refractivity contribution in [3.8, 4) is 0 Å². The summed E-state index contributed by atoms with van der Waals surface area (Å²) in [5, 5.41) is 3.57. The van der Waals surface area contributed by atoms with E-state index in [-0.39, 0.29) is 0 Å². The number of hydrogen-bond acceptors (Lipinski definition) is 1. The Balaban J connectivity index is 2.46. The van der Waals surface area contributed by atoms with Crippen LogP contribution in [0.25, 0.3) is 0 Å². The highest BCUT2D eigenvalue weighted by Gasteiger charge is 2.05. The molecule has 1 aromatic carbocycles. The van der Waals surface area contributed by atoms with Crippen molar-refractivity contribution in [1.29, 1.82) is 0 Å². The molecular weight excluding hydrogens is 182 g/mol. The molecule has 0 fully saturated rings. The highest BCUT2D eigenvalue weighted by molar-refractivity contribution is 5.23. The molecule has 1 unspecified atom stereocenters. The third-order valence-corrected chi connectivity index (χ3v) is 3.05. The summed E-state index contributed by atoms with van der Waals surface area (Å²) in [6, 6.07) is 9.24. The molecule has 0 aliphatic rings. The van der Waals surface area contributed by atoms with Crippen LogP contribution in [0.3, 0.4) is 0 Å². The third-order valence-electron chi connectivity index (χ3n) is 3.05. The molecule has 0 aliphatic carbocycles. The summed E-state index contributed by atoms with van der Waals surface area (Å²) in [7, 11) is 0. The minimum absolute atomic E-state index is 0.458. The summed E-state index contributed by atoms with van der Waals surface area (Å²) in [6.07, 6.45) is 1.24. The lowest BCUT2D eigenvalue weighted by molar-refractivity contribution is 0.461. The summed E-state index contributed by atoms with van der Waals surface area (Å²) in [6.45, 7) is 9.98. The van der Waals surface area contributed by atoms with E-state index < -0.39 is 0 Å². The molecule has 0 bridgehead atoms. The molecule has 2 atom stereocenters. The van der Waals surface area contributed by atoms with Gasteiger partial charge in [-0.2, -0.15) is 0 Å². The molecule has 1 heteroatoms. The van der Waals surface area contributed by atoms with Gasteiger partial charge in [0.15, 0.2) is 0 Å². The maximum absolute atomic E-state index is 3.57. The second-order valence-electron chi connectivity index (χ2n) is 4.55. The maximum atomic E-state index is 3.57. The van der Waals surface area contributed by atoms with Crippen LogP contribution < -0.4 is 5.32 Å². The van der Waals surface area contributed by atoms with Crippen LogP contribution in [-0.2, 0) is 0 Å². The van der Waals surface area contributed by atoms with Gasteiger partial charge < -0.3 is 5.32 Å². The number of nitrogens with one attached hydrogen (secondary N) is 1. The minimum atomic E-state index is 0.458. The number of aryl methyl sites for hydroxylation is 1. The molecule has 0 radical (unpaired) electrons. The summed E-state index contributed by atoms with van der Waals surface area (Å²) >= 11 is 0. The second-order valence-corrected chi connectivity index (χ2v) is 4.55. The predicted molar refractivity (Wildman–Crippen MR) is 67.1 cm³/mol. The van der Waals surface area contributed by atoms with Crippen LogP contribution in [0.4, 0.5) is 0 Å². The minimum Gasteiger partial charge on any atom is -0.310 e. The molecule has 15 heavy (non-hydrogen) atoms. The van der Waals surface area contributed by atoms with Crippen LogP contribution in [0.15, 0.2) is 24.3 Å². The zero-order valence-electron chi connectivity index (χ0n) is 10.4. The van der Waals surface area contributed by atoms with E-state index >= 15 is 0 Å². The van der Waals surface area contributed by atoms with Gasteiger partial charge in [0.2, 0.25) is 0 Å². The van der Waals surface area contributed by atoms with Crippen molar-refractivity contribution in [3.63, 3.8) is 0 Å². The van der Waals surface area contributed by atoms with Gasteiger partial charge in [-0.3, -0.25) is 0 Å². The number of benzene rings is 1. The molecule has 1 nitrogen and oxygen atoms in total. The van der Waals surface area contributed by atoms with E-state index in [1.54, 1.807) is 0 Å². The molecule has 1 aromatic rings. The van der Waals surface area contributed by atoms with E-state index in [2.05, 4.69) is 57.3 Å². The third kappa shape index (κ3) is 4.05. The molecule has 0 aromatic heterocycles. The largest absolute Gasteiger partial charge is 0.310 e. The molecule has 0 heterocycles. The Bertz CT molecular complexity index is 276. The molecule has 0 aliphatic heterocycles. The van der Waals surface area contributed by atoms with Gasteiger partial charge in [-0.1, -0.05) is 50.1 Å². The van der Waals surface area contributed by atoms with Crippen molar-refractivity contribution in [2.45, 2.75) is 40.2 Å². The zero-order chi connectivity index (χ0) is 11.3. The standard InChI is InChI=1S/C14H23N/c1-5-11(2)10-15-13(4)14-8-6-12(3)7-9-14/h6-9,11,13,15H,5,10H2,1-4H3/t11?,13-/m1/s1. The quantitative estimate of drug-likeness (QED) is 0.773. The first kappa shape index (κ1) is 12.3. The maximum Gasteiger partial charge on any atom is 0.0291 e. The Hall–Kier alpha value is -0.820. The highest BCUT2D eigenvalue weighted by Crippen LogP contribution is 2.13. The van der Waals surface area contributed by atoms with Crippen LogP contribution in [0, 0.1) is 12.8 Å². The lowest BCUT2D eigenvalue weighted by atomic mass is 10.0. The fourth-order valence-corrected chi connectivity index (χ4v) is 1.50. The first-order valence-electron chi connectivity index (χ1n) is 5.93. The van der Waals surface area contributed by atoms with E-state index in [4.69, 9.17) is 0 Å². The smallest absolute Gasteiger partial charge is 0.0291 e. The zero-order valence-corrected chi connectivity index (χ0v) is 10.4. The van der Waals surface area contributed by atoms with Crippen molar-refractivity contribution < 1.29 is 0 Å². The molecule has 0 amide bonds. The predicted octanol–water partition coefficient (Wildman–Crippen LogP) is 3.69. The van der Waals surface area contributed by atoms with E-state index in [9.17, 15) is 0 Å². The Labute approximate surface area is 93.9 Å². The first-order valence-corrected chi connectivity index (χ1v) is 5.93. The Kier molecular flexibility index (Phi) is 4.83. The van der Waals surface area contributed by atoms with E-state index in [0.717, 1.165) is 12.5 Å². The van der Waals surface area contributed by atoms with Crippen LogP contribution >= 0.6 is 0 Å². The van der Waals surface area contributed by atoms with Crippen LogP contribution in [0.2, 0.25) is 0 Å². The monoisotopic (exact) mass is 205 g/mol. The van der Waals surface area contributed by atoms with E-state index in [1.807, 2.05) is 0 Å².